The third-order valence-corrected chi connectivity index (χ3v) is 2.60. The molecule has 18 heavy (non-hydrogen) atoms. The number of nitrogens with one attached hydrogen (secondary N) is 2. The number of carbonyl (C=O) groups excluding carboxylic acids is 1. The van der Waals surface area contributed by atoms with Crippen LogP contribution in [0.25, 0.3) is 0 Å². The van der Waals surface area contributed by atoms with Gasteiger partial charge in [0.2, 0.25) is 0 Å². The molecule has 3 nitrogen and oxygen atoms in total. The molecule has 0 aliphatic carbocycles. The van der Waals surface area contributed by atoms with Crippen molar-refractivity contribution < 1.29 is 9.18 Å². The topological polar surface area (TPSA) is 41.1 Å². The van der Waals surface area contributed by atoms with Crippen molar-refractivity contribution in [2.45, 2.75) is 39.8 Å². The summed E-state index contributed by atoms with van der Waals surface area (Å²) < 4.78 is 12.9. The van der Waals surface area contributed by atoms with Crippen LogP contribution in [-0.4, -0.2) is 12.1 Å². The van der Waals surface area contributed by atoms with Gasteiger partial charge in [-0.3, -0.25) is 0 Å². The average molecular weight is 252 g/mol. The van der Waals surface area contributed by atoms with Crippen molar-refractivity contribution >= 4 is 6.03 Å². The number of carbonyl (C=O) groups is 1. The molecule has 0 saturated carbocycles. The minimum atomic E-state index is -0.270. The quantitative estimate of drug-likeness (QED) is 0.848. The summed E-state index contributed by atoms with van der Waals surface area (Å²) in [6.07, 6.45) is 0. The van der Waals surface area contributed by atoms with Crippen LogP contribution in [0.15, 0.2) is 24.3 Å². The minimum Gasteiger partial charge on any atom is -0.336 e. The molecule has 100 valence electrons. The Morgan fingerprint density at radius 3 is 2.06 bits per heavy atom. The molecule has 2 N–H and O–H groups in total. The van der Waals surface area contributed by atoms with Gasteiger partial charge in [-0.1, -0.05) is 26.0 Å². The van der Waals surface area contributed by atoms with Gasteiger partial charge in [-0.2, -0.15) is 0 Å². The van der Waals surface area contributed by atoms with Crippen LogP contribution < -0.4 is 10.6 Å². The lowest BCUT2D eigenvalue weighted by Gasteiger charge is -2.23. The zero-order chi connectivity index (χ0) is 13.7. The summed E-state index contributed by atoms with van der Waals surface area (Å²) in [5, 5.41) is 5.70. The monoisotopic (exact) mass is 252 g/mol. The summed E-state index contributed by atoms with van der Waals surface area (Å²) >= 11 is 0. The molecular weight excluding hydrogens is 231 g/mol. The molecule has 0 aliphatic heterocycles. The van der Waals surface area contributed by atoms with Gasteiger partial charge in [0.15, 0.2) is 0 Å². The van der Waals surface area contributed by atoms with E-state index in [4.69, 9.17) is 0 Å². The smallest absolute Gasteiger partial charge is 0.315 e. The Bertz CT molecular complexity index is 387. The molecule has 0 fully saturated rings. The highest BCUT2D eigenvalue weighted by Crippen LogP contribution is 2.21. The lowest BCUT2D eigenvalue weighted by atomic mass is 9.96. The molecule has 1 aromatic carbocycles. The second-order valence-electron chi connectivity index (χ2n) is 5.05. The molecule has 0 saturated heterocycles. The van der Waals surface area contributed by atoms with Gasteiger partial charge in [-0.25, -0.2) is 9.18 Å². The van der Waals surface area contributed by atoms with Crippen LogP contribution in [0.1, 0.15) is 39.3 Å². The molecule has 0 radical (unpaired) electrons. The predicted octanol–water partition coefficient (Wildman–Crippen LogP) is 3.23. The van der Waals surface area contributed by atoms with Crippen molar-refractivity contribution in [3.05, 3.63) is 35.6 Å². The number of hydrogen-bond acceptors (Lipinski definition) is 1. The van der Waals surface area contributed by atoms with Gasteiger partial charge in [0, 0.05) is 6.04 Å². The number of urea groups is 1. The van der Waals surface area contributed by atoms with Gasteiger partial charge in [0.1, 0.15) is 5.82 Å². The third-order valence-electron chi connectivity index (χ3n) is 2.60. The van der Waals surface area contributed by atoms with Crippen molar-refractivity contribution in [1.29, 1.82) is 0 Å². The first-order valence-electron chi connectivity index (χ1n) is 6.22. The predicted molar refractivity (Wildman–Crippen MR) is 70.8 cm³/mol. The van der Waals surface area contributed by atoms with Crippen molar-refractivity contribution in [2.24, 2.45) is 5.92 Å². The third kappa shape index (κ3) is 4.35. The standard InChI is InChI=1S/C14H21FN2O/c1-9(2)13(17-14(18)16-10(3)4)11-5-7-12(15)8-6-11/h5-10,13H,1-4H3,(H2,16,17,18). The summed E-state index contributed by atoms with van der Waals surface area (Å²) in [5.74, 6) is -0.0405. The maximum atomic E-state index is 12.9. The lowest BCUT2D eigenvalue weighted by molar-refractivity contribution is 0.231. The van der Waals surface area contributed by atoms with Crippen LogP contribution in [0, 0.1) is 11.7 Å². The minimum absolute atomic E-state index is 0.0889. The van der Waals surface area contributed by atoms with Crippen LogP contribution >= 0.6 is 0 Å². The normalized spacial score (nSPS) is 12.6. The Morgan fingerprint density at radius 2 is 1.61 bits per heavy atom. The van der Waals surface area contributed by atoms with Crippen molar-refractivity contribution in [2.75, 3.05) is 0 Å². The van der Waals surface area contributed by atoms with E-state index < -0.39 is 0 Å². The number of rotatable bonds is 4. The van der Waals surface area contributed by atoms with E-state index in [2.05, 4.69) is 10.6 Å². The van der Waals surface area contributed by atoms with E-state index in [1.54, 1.807) is 12.1 Å². The molecule has 1 rings (SSSR count). The Morgan fingerprint density at radius 1 is 1.06 bits per heavy atom. The van der Waals surface area contributed by atoms with E-state index in [1.807, 2.05) is 27.7 Å². The number of benzene rings is 1. The first kappa shape index (κ1) is 14.5. The summed E-state index contributed by atoms with van der Waals surface area (Å²) in [6, 6.07) is 5.99. The Balaban J connectivity index is 2.77. The van der Waals surface area contributed by atoms with Crippen LogP contribution in [0.5, 0.6) is 0 Å². The molecule has 0 heterocycles. The van der Waals surface area contributed by atoms with Gasteiger partial charge in [0.05, 0.1) is 6.04 Å². The summed E-state index contributed by atoms with van der Waals surface area (Å²) in [4.78, 5) is 11.7. The summed E-state index contributed by atoms with van der Waals surface area (Å²) in [7, 11) is 0. The molecule has 1 aromatic rings. The highest BCUT2D eigenvalue weighted by Gasteiger charge is 2.18. The second kappa shape index (κ2) is 6.38. The fraction of sp³-hybridized carbons (Fsp3) is 0.500. The maximum absolute atomic E-state index is 12.9. The summed E-state index contributed by atoms with van der Waals surface area (Å²) in [5.41, 5.74) is 0.908. The number of hydrogen-bond donors (Lipinski definition) is 2. The highest BCUT2D eigenvalue weighted by atomic mass is 19.1. The lowest BCUT2D eigenvalue weighted by Crippen LogP contribution is -2.42. The van der Waals surface area contributed by atoms with Crippen LogP contribution in [0.3, 0.4) is 0 Å². The van der Waals surface area contributed by atoms with Gasteiger partial charge in [-0.05, 0) is 37.5 Å². The molecule has 0 aliphatic rings. The van der Waals surface area contributed by atoms with E-state index in [9.17, 15) is 9.18 Å². The molecule has 2 amide bonds. The Kier molecular flexibility index (Phi) is 5.13. The molecule has 0 bridgehead atoms. The number of amides is 2. The van der Waals surface area contributed by atoms with Gasteiger partial charge >= 0.3 is 6.03 Å². The van der Waals surface area contributed by atoms with E-state index in [-0.39, 0.29) is 29.8 Å². The summed E-state index contributed by atoms with van der Waals surface area (Å²) in [6.45, 7) is 7.84. The fourth-order valence-electron chi connectivity index (χ4n) is 1.75. The molecule has 1 unspecified atom stereocenters. The zero-order valence-electron chi connectivity index (χ0n) is 11.3. The van der Waals surface area contributed by atoms with Crippen molar-refractivity contribution in [1.82, 2.24) is 10.6 Å². The van der Waals surface area contributed by atoms with Gasteiger partial charge in [-0.15, -0.1) is 0 Å². The van der Waals surface area contributed by atoms with E-state index >= 15 is 0 Å². The van der Waals surface area contributed by atoms with Crippen molar-refractivity contribution in [3.8, 4) is 0 Å². The molecule has 1 atom stereocenters. The number of halogens is 1. The van der Waals surface area contributed by atoms with E-state index in [0.29, 0.717) is 0 Å². The maximum Gasteiger partial charge on any atom is 0.315 e. The second-order valence-corrected chi connectivity index (χ2v) is 5.05. The Hall–Kier alpha value is -1.58. The Labute approximate surface area is 108 Å². The van der Waals surface area contributed by atoms with E-state index in [1.165, 1.54) is 12.1 Å². The fourth-order valence-corrected chi connectivity index (χ4v) is 1.75. The van der Waals surface area contributed by atoms with Crippen LogP contribution in [0.4, 0.5) is 9.18 Å². The molecular formula is C14H21FN2O. The zero-order valence-corrected chi connectivity index (χ0v) is 11.3. The molecule has 0 aromatic heterocycles. The van der Waals surface area contributed by atoms with Crippen molar-refractivity contribution in [3.63, 3.8) is 0 Å². The van der Waals surface area contributed by atoms with Crippen LogP contribution in [0.2, 0.25) is 0 Å². The first-order chi connectivity index (χ1) is 8.40. The average Bonchev–Trinajstić information content (AvgIpc) is 2.26. The first-order valence-corrected chi connectivity index (χ1v) is 6.22. The largest absolute Gasteiger partial charge is 0.336 e. The molecule has 0 spiro atoms. The van der Waals surface area contributed by atoms with Gasteiger partial charge < -0.3 is 10.6 Å². The van der Waals surface area contributed by atoms with Gasteiger partial charge in [0.25, 0.3) is 0 Å². The van der Waals surface area contributed by atoms with Crippen LogP contribution in [-0.2, 0) is 0 Å². The highest BCUT2D eigenvalue weighted by molar-refractivity contribution is 5.74. The SMILES string of the molecule is CC(C)NC(=O)NC(c1ccc(F)cc1)C(C)C. The van der Waals surface area contributed by atoms with E-state index in [0.717, 1.165) is 5.56 Å². The molecule has 4 heteroatoms.